The van der Waals surface area contributed by atoms with Crippen molar-refractivity contribution in [3.63, 3.8) is 0 Å². The summed E-state index contributed by atoms with van der Waals surface area (Å²) in [7, 11) is 0. The number of aliphatic hydroxyl groups is 1. The van der Waals surface area contributed by atoms with Gasteiger partial charge in [-0.15, -0.1) is 0 Å². The van der Waals surface area contributed by atoms with Gasteiger partial charge < -0.3 is 16.2 Å². The summed E-state index contributed by atoms with van der Waals surface area (Å²) in [5.41, 5.74) is 5.24. The second kappa shape index (κ2) is 7.53. The lowest BCUT2D eigenvalue weighted by atomic mass is 10.1. The van der Waals surface area contributed by atoms with E-state index >= 15 is 0 Å². The normalized spacial score (nSPS) is 13.8. The van der Waals surface area contributed by atoms with Crippen molar-refractivity contribution in [1.82, 2.24) is 5.32 Å². The van der Waals surface area contributed by atoms with Crippen LogP contribution in [0.1, 0.15) is 26.7 Å². The zero-order valence-corrected chi connectivity index (χ0v) is 8.21. The summed E-state index contributed by atoms with van der Waals surface area (Å²) in [5.74, 6) is 0.770. The molecule has 0 heterocycles. The Hall–Kier alpha value is -0.120. The molecule has 0 aliphatic rings. The Balaban J connectivity index is 3.00. The molecule has 0 bridgehead atoms. The predicted octanol–water partition coefficient (Wildman–Crippen LogP) is 0.332. The fraction of sp³-hybridized carbons (Fsp3) is 1.00. The smallest absolute Gasteiger partial charge is 0.0786 e. The van der Waals surface area contributed by atoms with Crippen LogP contribution in [-0.4, -0.2) is 30.8 Å². The molecule has 12 heavy (non-hydrogen) atoms. The Bertz CT molecular complexity index is 96.5. The molecule has 3 nitrogen and oxygen atoms in total. The van der Waals surface area contributed by atoms with Crippen molar-refractivity contribution in [2.75, 3.05) is 19.6 Å². The fourth-order valence-corrected chi connectivity index (χ4v) is 0.987. The fourth-order valence-electron chi connectivity index (χ4n) is 0.987. The van der Waals surface area contributed by atoms with E-state index in [0.29, 0.717) is 13.1 Å². The zero-order valence-electron chi connectivity index (χ0n) is 8.21. The summed E-state index contributed by atoms with van der Waals surface area (Å²) < 4.78 is 0. The first-order chi connectivity index (χ1) is 5.66. The van der Waals surface area contributed by atoms with Crippen LogP contribution in [0.4, 0.5) is 0 Å². The molecule has 3 heteroatoms. The molecule has 4 N–H and O–H groups in total. The first-order valence-electron chi connectivity index (χ1n) is 4.75. The molecule has 1 unspecified atom stereocenters. The van der Waals surface area contributed by atoms with E-state index < -0.39 is 0 Å². The molecule has 0 aromatic carbocycles. The average Bonchev–Trinajstić information content (AvgIpc) is 2.03. The molecule has 0 aromatic heterocycles. The van der Waals surface area contributed by atoms with Gasteiger partial charge in [0.25, 0.3) is 0 Å². The quantitative estimate of drug-likeness (QED) is 0.488. The van der Waals surface area contributed by atoms with Crippen LogP contribution in [-0.2, 0) is 0 Å². The maximum absolute atomic E-state index is 9.08. The van der Waals surface area contributed by atoms with Gasteiger partial charge in [0.2, 0.25) is 0 Å². The summed E-state index contributed by atoms with van der Waals surface area (Å²) in [4.78, 5) is 0. The van der Waals surface area contributed by atoms with E-state index in [1.807, 2.05) is 0 Å². The van der Waals surface area contributed by atoms with Gasteiger partial charge in [0.15, 0.2) is 0 Å². The SMILES string of the molecule is CC(C)CCCNCC(O)CN. The molecule has 0 aliphatic carbocycles. The maximum atomic E-state index is 9.08. The van der Waals surface area contributed by atoms with Crippen LogP contribution in [0.5, 0.6) is 0 Å². The summed E-state index contributed by atoms with van der Waals surface area (Å²) in [6.07, 6.45) is 2.03. The first-order valence-corrected chi connectivity index (χ1v) is 4.75. The van der Waals surface area contributed by atoms with E-state index in [1.54, 1.807) is 0 Å². The summed E-state index contributed by atoms with van der Waals surface area (Å²) in [6, 6.07) is 0. The van der Waals surface area contributed by atoms with Crippen molar-refractivity contribution >= 4 is 0 Å². The second-order valence-corrected chi connectivity index (χ2v) is 3.63. The van der Waals surface area contributed by atoms with Gasteiger partial charge >= 0.3 is 0 Å². The summed E-state index contributed by atoms with van der Waals surface area (Å²) >= 11 is 0. The van der Waals surface area contributed by atoms with E-state index in [9.17, 15) is 0 Å². The topological polar surface area (TPSA) is 58.3 Å². The lowest BCUT2D eigenvalue weighted by Gasteiger charge is -2.09. The molecule has 0 aromatic rings. The highest BCUT2D eigenvalue weighted by Gasteiger charge is 1.99. The molecule has 74 valence electrons. The van der Waals surface area contributed by atoms with Crippen LogP contribution in [0.15, 0.2) is 0 Å². The van der Waals surface area contributed by atoms with Gasteiger partial charge in [-0.05, 0) is 25.3 Å². The average molecular weight is 174 g/mol. The molecule has 0 saturated carbocycles. The van der Waals surface area contributed by atoms with Gasteiger partial charge in [0, 0.05) is 13.1 Å². The van der Waals surface area contributed by atoms with Crippen LogP contribution in [0, 0.1) is 5.92 Å². The Morgan fingerprint density at radius 3 is 2.58 bits per heavy atom. The minimum Gasteiger partial charge on any atom is -0.390 e. The highest BCUT2D eigenvalue weighted by molar-refractivity contribution is 4.59. The molecule has 0 radical (unpaired) electrons. The number of hydrogen-bond donors (Lipinski definition) is 3. The number of nitrogens with two attached hydrogens (primary N) is 1. The van der Waals surface area contributed by atoms with Crippen molar-refractivity contribution in [3.05, 3.63) is 0 Å². The van der Waals surface area contributed by atoms with Crippen LogP contribution in [0.25, 0.3) is 0 Å². The molecule has 0 fully saturated rings. The second-order valence-electron chi connectivity index (χ2n) is 3.63. The molecular formula is C9H22N2O. The van der Waals surface area contributed by atoms with Crippen molar-refractivity contribution in [2.45, 2.75) is 32.8 Å². The van der Waals surface area contributed by atoms with Crippen LogP contribution in [0.3, 0.4) is 0 Å². The number of rotatable bonds is 7. The third-order valence-corrected chi connectivity index (χ3v) is 1.79. The van der Waals surface area contributed by atoms with Gasteiger partial charge in [-0.25, -0.2) is 0 Å². The van der Waals surface area contributed by atoms with E-state index in [-0.39, 0.29) is 6.10 Å². The lowest BCUT2D eigenvalue weighted by molar-refractivity contribution is 0.179. The van der Waals surface area contributed by atoms with Gasteiger partial charge in [0.05, 0.1) is 6.10 Å². The summed E-state index contributed by atoms with van der Waals surface area (Å²) in [5, 5.41) is 12.2. The van der Waals surface area contributed by atoms with Crippen LogP contribution in [0.2, 0.25) is 0 Å². The molecular weight excluding hydrogens is 152 g/mol. The number of hydrogen-bond acceptors (Lipinski definition) is 3. The third kappa shape index (κ3) is 7.98. The lowest BCUT2D eigenvalue weighted by Crippen LogP contribution is -2.33. The molecule has 0 aliphatic heterocycles. The minimum absolute atomic E-state index is 0.344. The standard InChI is InChI=1S/C9H22N2O/c1-8(2)4-3-5-11-7-9(12)6-10/h8-9,11-12H,3-7,10H2,1-2H3. The Kier molecular flexibility index (Phi) is 7.45. The largest absolute Gasteiger partial charge is 0.390 e. The van der Waals surface area contributed by atoms with E-state index in [1.165, 1.54) is 12.8 Å². The van der Waals surface area contributed by atoms with Gasteiger partial charge in [0.1, 0.15) is 0 Å². The van der Waals surface area contributed by atoms with Crippen LogP contribution < -0.4 is 11.1 Å². The summed E-state index contributed by atoms with van der Waals surface area (Å²) in [6.45, 7) is 6.38. The monoisotopic (exact) mass is 174 g/mol. The number of nitrogens with one attached hydrogen (secondary N) is 1. The van der Waals surface area contributed by atoms with Gasteiger partial charge in [-0.3, -0.25) is 0 Å². The van der Waals surface area contributed by atoms with Crippen molar-refractivity contribution in [3.8, 4) is 0 Å². The molecule has 0 rings (SSSR count). The van der Waals surface area contributed by atoms with E-state index in [2.05, 4.69) is 19.2 Å². The van der Waals surface area contributed by atoms with Crippen molar-refractivity contribution in [2.24, 2.45) is 11.7 Å². The van der Waals surface area contributed by atoms with Crippen molar-refractivity contribution in [1.29, 1.82) is 0 Å². The molecule has 0 saturated heterocycles. The minimum atomic E-state index is -0.385. The molecule has 0 spiro atoms. The van der Waals surface area contributed by atoms with Gasteiger partial charge in [-0.2, -0.15) is 0 Å². The Labute approximate surface area is 75.3 Å². The number of aliphatic hydroxyl groups excluding tert-OH is 1. The predicted molar refractivity (Wildman–Crippen MR) is 52.0 cm³/mol. The van der Waals surface area contributed by atoms with Crippen LogP contribution >= 0.6 is 0 Å². The Morgan fingerprint density at radius 2 is 2.08 bits per heavy atom. The third-order valence-electron chi connectivity index (χ3n) is 1.79. The van der Waals surface area contributed by atoms with Crippen molar-refractivity contribution < 1.29 is 5.11 Å². The highest BCUT2D eigenvalue weighted by Crippen LogP contribution is 2.01. The van der Waals surface area contributed by atoms with Gasteiger partial charge in [-0.1, -0.05) is 13.8 Å². The van der Waals surface area contributed by atoms with E-state index in [4.69, 9.17) is 10.8 Å². The Morgan fingerprint density at radius 1 is 1.42 bits per heavy atom. The van der Waals surface area contributed by atoms with E-state index in [0.717, 1.165) is 12.5 Å². The molecule has 1 atom stereocenters. The highest BCUT2D eigenvalue weighted by atomic mass is 16.3. The molecule has 0 amide bonds. The maximum Gasteiger partial charge on any atom is 0.0786 e. The first kappa shape index (κ1) is 11.9. The zero-order chi connectivity index (χ0) is 9.40.